The number of carbonyl (C=O) groups is 4. The van der Waals surface area contributed by atoms with E-state index < -0.39 is 34.1 Å². The Bertz CT molecular complexity index is 1350. The van der Waals surface area contributed by atoms with Gasteiger partial charge in [0, 0.05) is 31.4 Å². The molecule has 2 fully saturated rings. The molecule has 7 N–H and O–H groups in total. The summed E-state index contributed by atoms with van der Waals surface area (Å²) in [5.74, 6) is -2.69. The molecule has 0 aliphatic carbocycles. The first-order valence-corrected chi connectivity index (χ1v) is 12.7. The van der Waals surface area contributed by atoms with Crippen LogP contribution in [0.3, 0.4) is 0 Å². The fraction of sp³-hybridized carbons (Fsp3) is 0.320. The molecule has 0 saturated carbocycles. The van der Waals surface area contributed by atoms with Crippen LogP contribution >= 0.6 is 11.8 Å². The van der Waals surface area contributed by atoms with Crippen molar-refractivity contribution in [3.63, 3.8) is 0 Å². The number of carboxylic acids is 1. The highest BCUT2D eigenvalue weighted by Gasteiger charge is 2.63. The number of aliphatic carboxylic acids is 1. The Hall–Kier alpha value is -4.30. The molecule has 0 spiro atoms. The first kappa shape index (κ1) is 27.7. The number of nitrogens with zero attached hydrogens (tertiary/aromatic N) is 2. The molecular weight excluding hydrogens is 530 g/mol. The standard InChI is InChI=1S/C25H27N5O8S/c1-25(12-38-24(37)29-11-13-2-3-17(31)18(32)8-13)19(23(35)36)30-21(34)16(22(30)39-25)10-15-9-14(4-6-27-15)20(33)28-7-5-26/h2-4,6,8-10,19,22,31-32H,5,7,11-12,26H2,1H3,(H,28,33)(H,29,37)(H,35,36)/t19-,22?,25-/m0/s1. The molecule has 3 heterocycles. The smallest absolute Gasteiger partial charge is 0.407 e. The van der Waals surface area contributed by atoms with Gasteiger partial charge in [0.2, 0.25) is 0 Å². The van der Waals surface area contributed by atoms with Gasteiger partial charge in [0.05, 0.1) is 16.0 Å². The van der Waals surface area contributed by atoms with Crippen LogP contribution in [0, 0.1) is 0 Å². The third-order valence-electron chi connectivity index (χ3n) is 6.21. The maximum atomic E-state index is 13.0. The number of carbonyl (C=O) groups excluding carboxylic acids is 3. The molecule has 0 bridgehead atoms. The van der Waals surface area contributed by atoms with Crippen molar-refractivity contribution in [3.05, 3.63) is 58.9 Å². The summed E-state index contributed by atoms with van der Waals surface area (Å²) >= 11 is 1.18. The van der Waals surface area contributed by atoms with Gasteiger partial charge in [-0.2, -0.15) is 0 Å². The van der Waals surface area contributed by atoms with Crippen molar-refractivity contribution in [2.24, 2.45) is 5.73 Å². The molecule has 1 unspecified atom stereocenters. The second-order valence-electron chi connectivity index (χ2n) is 9.10. The average Bonchev–Trinajstić information content (AvgIpc) is 3.20. The zero-order valence-electron chi connectivity index (χ0n) is 20.8. The van der Waals surface area contributed by atoms with Crippen LogP contribution in [0.1, 0.15) is 28.5 Å². The summed E-state index contributed by atoms with van der Waals surface area (Å²) in [7, 11) is 0. The van der Waals surface area contributed by atoms with E-state index in [1.165, 1.54) is 59.3 Å². The summed E-state index contributed by atoms with van der Waals surface area (Å²) in [6.45, 7) is 1.89. The number of nitrogens with one attached hydrogen (secondary N) is 2. The number of benzene rings is 1. The van der Waals surface area contributed by atoms with Crippen molar-refractivity contribution in [1.82, 2.24) is 20.5 Å². The number of pyridine rings is 1. The number of β-lactam (4-membered cyclic amide) rings is 1. The van der Waals surface area contributed by atoms with Crippen LogP contribution < -0.4 is 16.4 Å². The second-order valence-corrected chi connectivity index (χ2v) is 10.7. The third kappa shape index (κ3) is 5.76. The fourth-order valence-electron chi connectivity index (χ4n) is 4.29. The van der Waals surface area contributed by atoms with Crippen LogP contribution in [0.4, 0.5) is 4.79 Å². The van der Waals surface area contributed by atoms with Gasteiger partial charge in [-0.05, 0) is 42.8 Å². The van der Waals surface area contributed by atoms with Crippen molar-refractivity contribution in [1.29, 1.82) is 0 Å². The number of hydrogen-bond donors (Lipinski definition) is 6. The Kier molecular flexibility index (Phi) is 7.97. The van der Waals surface area contributed by atoms with Gasteiger partial charge >= 0.3 is 12.1 Å². The lowest BCUT2D eigenvalue weighted by Gasteiger charge is -2.39. The van der Waals surface area contributed by atoms with Gasteiger partial charge in [-0.3, -0.25) is 14.6 Å². The van der Waals surface area contributed by atoms with Gasteiger partial charge < -0.3 is 41.3 Å². The minimum absolute atomic E-state index is 0.00464. The summed E-state index contributed by atoms with van der Waals surface area (Å²) in [5, 5.41) is 33.4. The van der Waals surface area contributed by atoms with E-state index in [0.29, 0.717) is 28.9 Å². The second kappa shape index (κ2) is 11.2. The summed E-state index contributed by atoms with van der Waals surface area (Å²) in [6.07, 6.45) is 2.13. The van der Waals surface area contributed by atoms with E-state index in [0.717, 1.165) is 0 Å². The zero-order chi connectivity index (χ0) is 28.3. The molecule has 1 aromatic heterocycles. The van der Waals surface area contributed by atoms with Crippen molar-refractivity contribution in [2.75, 3.05) is 19.7 Å². The van der Waals surface area contributed by atoms with E-state index in [-0.39, 0.29) is 37.1 Å². The number of rotatable bonds is 9. The number of phenols is 2. The average molecular weight is 558 g/mol. The number of alkyl carbamates (subject to hydrolysis) is 1. The van der Waals surface area contributed by atoms with Gasteiger partial charge in [-0.1, -0.05) is 6.07 Å². The van der Waals surface area contributed by atoms with Crippen LogP contribution in [-0.2, 0) is 20.9 Å². The number of ether oxygens (including phenoxy) is 1. The molecule has 13 nitrogen and oxygen atoms in total. The van der Waals surface area contributed by atoms with Crippen molar-refractivity contribution in [3.8, 4) is 11.5 Å². The van der Waals surface area contributed by atoms with E-state index in [2.05, 4.69) is 15.6 Å². The summed E-state index contributed by atoms with van der Waals surface area (Å²) < 4.78 is 4.14. The predicted octanol–water partition coefficient (Wildman–Crippen LogP) is 0.618. The van der Waals surface area contributed by atoms with Crippen LogP contribution in [0.25, 0.3) is 6.08 Å². The van der Waals surface area contributed by atoms with Gasteiger partial charge in [0.15, 0.2) is 11.5 Å². The fourth-order valence-corrected chi connectivity index (χ4v) is 5.89. The number of phenolic OH excluding ortho intramolecular Hbond substituents is 2. The van der Waals surface area contributed by atoms with Gasteiger partial charge in [0.25, 0.3) is 11.8 Å². The van der Waals surface area contributed by atoms with Crippen molar-refractivity contribution in [2.45, 2.75) is 29.6 Å². The van der Waals surface area contributed by atoms with Gasteiger partial charge in [0.1, 0.15) is 18.0 Å². The first-order chi connectivity index (χ1) is 18.5. The number of thioether (sulfide) groups is 1. The SMILES string of the molecule is C[C@@]1(COC(=O)NCc2ccc(O)c(O)c2)SC2C(=Cc3cc(C(=O)NCCN)ccn3)C(=O)N2[C@H]1C(=O)O. The van der Waals surface area contributed by atoms with E-state index in [1.54, 1.807) is 6.92 Å². The van der Waals surface area contributed by atoms with E-state index in [1.807, 2.05) is 0 Å². The molecule has 14 heteroatoms. The number of carboxylic acid groups (broad SMARTS) is 1. The van der Waals surface area contributed by atoms with Crippen LogP contribution in [0.5, 0.6) is 11.5 Å². The number of hydrogen-bond acceptors (Lipinski definition) is 10. The molecule has 206 valence electrons. The molecular formula is C25H27N5O8S. The monoisotopic (exact) mass is 557 g/mol. The predicted molar refractivity (Wildman–Crippen MR) is 140 cm³/mol. The molecule has 2 aromatic rings. The van der Waals surface area contributed by atoms with Crippen LogP contribution in [0.2, 0.25) is 0 Å². The molecule has 3 atom stereocenters. The lowest BCUT2D eigenvalue weighted by atomic mass is 9.94. The zero-order valence-corrected chi connectivity index (χ0v) is 21.6. The number of fused-ring (bicyclic) bond motifs is 1. The summed E-state index contributed by atoms with van der Waals surface area (Å²) in [5.41, 5.74) is 6.93. The number of aromatic nitrogens is 1. The van der Waals surface area contributed by atoms with E-state index in [9.17, 15) is 34.5 Å². The van der Waals surface area contributed by atoms with Crippen molar-refractivity contribution >= 4 is 41.7 Å². The maximum Gasteiger partial charge on any atom is 0.407 e. The molecule has 4 rings (SSSR count). The Morgan fingerprint density at radius 1 is 1.21 bits per heavy atom. The van der Waals surface area contributed by atoms with Crippen LogP contribution in [0.15, 0.2) is 42.1 Å². The lowest BCUT2D eigenvalue weighted by Crippen LogP contribution is -2.59. The Labute approximate surface area is 227 Å². The molecule has 2 aliphatic rings. The molecule has 3 amide bonds. The lowest BCUT2D eigenvalue weighted by molar-refractivity contribution is -0.153. The number of aromatic hydroxyl groups is 2. The Morgan fingerprint density at radius 3 is 2.67 bits per heavy atom. The normalized spacial score (nSPS) is 22.7. The summed E-state index contributed by atoms with van der Waals surface area (Å²) in [4.78, 5) is 55.1. The molecule has 39 heavy (non-hydrogen) atoms. The molecule has 2 saturated heterocycles. The third-order valence-corrected chi connectivity index (χ3v) is 7.80. The van der Waals surface area contributed by atoms with Gasteiger partial charge in [-0.25, -0.2) is 9.59 Å². The highest BCUT2D eigenvalue weighted by atomic mass is 32.2. The Morgan fingerprint density at radius 2 is 1.97 bits per heavy atom. The maximum absolute atomic E-state index is 13.0. The topological polar surface area (TPSA) is 204 Å². The minimum atomic E-state index is -1.25. The van der Waals surface area contributed by atoms with Crippen molar-refractivity contribution < 1.29 is 39.2 Å². The Balaban J connectivity index is 1.43. The number of nitrogens with two attached hydrogens (primary N) is 1. The largest absolute Gasteiger partial charge is 0.504 e. The molecule has 0 radical (unpaired) electrons. The highest BCUT2D eigenvalue weighted by Crippen LogP contribution is 2.53. The first-order valence-electron chi connectivity index (χ1n) is 11.8. The minimum Gasteiger partial charge on any atom is -0.504 e. The van der Waals surface area contributed by atoms with Crippen LogP contribution in [-0.4, -0.2) is 84.9 Å². The van der Waals surface area contributed by atoms with Gasteiger partial charge in [-0.15, -0.1) is 11.8 Å². The quantitative estimate of drug-likeness (QED) is 0.143. The molecule has 2 aliphatic heterocycles. The van der Waals surface area contributed by atoms with E-state index >= 15 is 0 Å². The highest BCUT2D eigenvalue weighted by molar-refractivity contribution is 8.02. The number of amides is 3. The van der Waals surface area contributed by atoms with E-state index in [4.69, 9.17) is 10.5 Å². The summed E-state index contributed by atoms with van der Waals surface area (Å²) in [6, 6.07) is 5.86. The molecule has 1 aromatic carbocycles.